The van der Waals surface area contributed by atoms with Crippen LogP contribution in [0.3, 0.4) is 0 Å². The zero-order chi connectivity index (χ0) is 19.0. The minimum atomic E-state index is -0.266. The average Bonchev–Trinajstić information content (AvgIpc) is 2.95. The zero-order valence-electron chi connectivity index (χ0n) is 15.3. The molecule has 0 aliphatic rings. The highest BCUT2D eigenvalue weighted by atomic mass is 19.1. The number of nitrogens with one attached hydrogen (secondary N) is 1. The number of hydrogen-bond acceptors (Lipinski definition) is 4. The maximum atomic E-state index is 13.3. The van der Waals surface area contributed by atoms with E-state index < -0.39 is 0 Å². The fourth-order valence-electron chi connectivity index (χ4n) is 3.27. The van der Waals surface area contributed by atoms with Crippen LogP contribution >= 0.6 is 0 Å². The van der Waals surface area contributed by atoms with Crippen molar-refractivity contribution in [1.29, 1.82) is 0 Å². The SMILES string of the molecule is COc1ccccc1Nc1ncnc2c1c(C)c(C)n2-c1ccc(F)cc1. The molecule has 0 amide bonds. The molecule has 0 radical (unpaired) electrons. The Kier molecular flexibility index (Phi) is 4.24. The van der Waals surface area contributed by atoms with Gasteiger partial charge in [0.2, 0.25) is 0 Å². The van der Waals surface area contributed by atoms with Crippen LogP contribution in [0.4, 0.5) is 15.9 Å². The molecule has 6 heteroatoms. The number of benzene rings is 2. The molecule has 1 N–H and O–H groups in total. The first-order valence-corrected chi connectivity index (χ1v) is 8.58. The Morgan fingerprint density at radius 3 is 2.48 bits per heavy atom. The van der Waals surface area contributed by atoms with Crippen molar-refractivity contribution in [3.8, 4) is 11.4 Å². The number of ether oxygens (including phenoxy) is 1. The fourth-order valence-corrected chi connectivity index (χ4v) is 3.27. The highest BCUT2D eigenvalue weighted by Gasteiger charge is 2.18. The summed E-state index contributed by atoms with van der Waals surface area (Å²) in [5.74, 6) is 1.17. The van der Waals surface area contributed by atoms with Crippen molar-refractivity contribution >= 4 is 22.5 Å². The summed E-state index contributed by atoms with van der Waals surface area (Å²) in [5, 5.41) is 4.28. The molecule has 0 bridgehead atoms. The summed E-state index contributed by atoms with van der Waals surface area (Å²) in [6.07, 6.45) is 1.53. The maximum Gasteiger partial charge on any atom is 0.150 e. The van der Waals surface area contributed by atoms with E-state index in [0.29, 0.717) is 5.82 Å². The number of fused-ring (bicyclic) bond motifs is 1. The molecule has 0 saturated heterocycles. The number of hydrogen-bond donors (Lipinski definition) is 1. The molecule has 0 saturated carbocycles. The first-order valence-electron chi connectivity index (χ1n) is 8.58. The van der Waals surface area contributed by atoms with Crippen molar-refractivity contribution < 1.29 is 9.13 Å². The molecule has 2 aromatic carbocycles. The van der Waals surface area contributed by atoms with Crippen molar-refractivity contribution in [2.75, 3.05) is 12.4 Å². The average molecular weight is 362 g/mol. The first-order chi connectivity index (χ1) is 13.1. The van der Waals surface area contributed by atoms with Crippen molar-refractivity contribution in [1.82, 2.24) is 14.5 Å². The van der Waals surface area contributed by atoms with Crippen molar-refractivity contribution in [3.63, 3.8) is 0 Å². The largest absolute Gasteiger partial charge is 0.495 e. The third-order valence-corrected chi connectivity index (χ3v) is 4.74. The van der Waals surface area contributed by atoms with Crippen molar-refractivity contribution in [3.05, 3.63) is 71.9 Å². The van der Waals surface area contributed by atoms with Crippen LogP contribution in [0.2, 0.25) is 0 Å². The Hall–Kier alpha value is -3.41. The highest BCUT2D eigenvalue weighted by molar-refractivity contribution is 5.94. The van der Waals surface area contributed by atoms with Gasteiger partial charge in [-0.15, -0.1) is 0 Å². The van der Waals surface area contributed by atoms with Gasteiger partial charge in [0, 0.05) is 11.4 Å². The Labute approximate surface area is 156 Å². The lowest BCUT2D eigenvalue weighted by atomic mass is 10.2. The Morgan fingerprint density at radius 1 is 1.00 bits per heavy atom. The van der Waals surface area contributed by atoms with Gasteiger partial charge in [-0.3, -0.25) is 4.57 Å². The number of methoxy groups -OCH3 is 1. The number of halogens is 1. The predicted octanol–water partition coefficient (Wildman–Crippen LogP) is 4.93. The third-order valence-electron chi connectivity index (χ3n) is 4.74. The molecule has 136 valence electrons. The van der Waals surface area contributed by atoms with Gasteiger partial charge >= 0.3 is 0 Å². The summed E-state index contributed by atoms with van der Waals surface area (Å²) in [4.78, 5) is 8.94. The molecule has 0 aliphatic heterocycles. The Bertz CT molecular complexity index is 1120. The van der Waals surface area contributed by atoms with Gasteiger partial charge in [-0.25, -0.2) is 14.4 Å². The number of para-hydroxylation sites is 2. The fraction of sp³-hybridized carbons (Fsp3) is 0.143. The summed E-state index contributed by atoms with van der Waals surface area (Å²) < 4.78 is 20.8. The Balaban J connectivity index is 1.89. The molecule has 0 aliphatic carbocycles. The van der Waals surface area contributed by atoms with Crippen LogP contribution in [0.1, 0.15) is 11.3 Å². The third kappa shape index (κ3) is 2.89. The smallest absolute Gasteiger partial charge is 0.150 e. The van der Waals surface area contributed by atoms with E-state index in [-0.39, 0.29) is 5.82 Å². The topological polar surface area (TPSA) is 52.0 Å². The van der Waals surface area contributed by atoms with Crippen LogP contribution in [0.15, 0.2) is 54.9 Å². The second kappa shape index (κ2) is 6.72. The van der Waals surface area contributed by atoms with Gasteiger partial charge in [-0.2, -0.15) is 0 Å². The summed E-state index contributed by atoms with van der Waals surface area (Å²) in [6, 6.07) is 14.1. The molecule has 4 rings (SSSR count). The van der Waals surface area contributed by atoms with Gasteiger partial charge in [-0.1, -0.05) is 12.1 Å². The molecule has 5 nitrogen and oxygen atoms in total. The van der Waals surface area contributed by atoms with E-state index >= 15 is 0 Å². The van der Waals surface area contributed by atoms with Gasteiger partial charge in [0.05, 0.1) is 18.2 Å². The summed E-state index contributed by atoms with van der Waals surface area (Å²) in [6.45, 7) is 4.06. The van der Waals surface area contributed by atoms with Crippen LogP contribution in [-0.2, 0) is 0 Å². The van der Waals surface area contributed by atoms with Crippen LogP contribution < -0.4 is 10.1 Å². The number of aromatic nitrogens is 3. The van der Waals surface area contributed by atoms with E-state index in [4.69, 9.17) is 4.74 Å². The zero-order valence-corrected chi connectivity index (χ0v) is 15.3. The predicted molar refractivity (Wildman–Crippen MR) is 105 cm³/mol. The van der Waals surface area contributed by atoms with E-state index in [9.17, 15) is 4.39 Å². The highest BCUT2D eigenvalue weighted by Crippen LogP contribution is 2.34. The van der Waals surface area contributed by atoms with Gasteiger partial charge < -0.3 is 10.1 Å². The molecule has 0 spiro atoms. The van der Waals surface area contributed by atoms with E-state index in [1.54, 1.807) is 19.2 Å². The van der Waals surface area contributed by atoms with Gasteiger partial charge in [-0.05, 0) is 55.8 Å². The maximum absolute atomic E-state index is 13.3. The lowest BCUT2D eigenvalue weighted by molar-refractivity contribution is 0.417. The number of rotatable bonds is 4. The van der Waals surface area contributed by atoms with Crippen molar-refractivity contribution in [2.45, 2.75) is 13.8 Å². The molecular weight excluding hydrogens is 343 g/mol. The molecule has 0 fully saturated rings. The molecule has 4 aromatic rings. The second-order valence-corrected chi connectivity index (χ2v) is 6.27. The minimum Gasteiger partial charge on any atom is -0.495 e. The molecule has 2 heterocycles. The number of nitrogens with zero attached hydrogens (tertiary/aromatic N) is 3. The first kappa shape index (κ1) is 17.0. The second-order valence-electron chi connectivity index (χ2n) is 6.27. The van der Waals surface area contributed by atoms with E-state index in [1.807, 2.05) is 42.7 Å². The number of anilines is 2. The van der Waals surface area contributed by atoms with Crippen LogP contribution in [0.5, 0.6) is 5.75 Å². The van der Waals surface area contributed by atoms with E-state index in [0.717, 1.165) is 39.4 Å². The minimum absolute atomic E-state index is 0.266. The lowest BCUT2D eigenvalue weighted by Gasteiger charge is -2.11. The number of aryl methyl sites for hydroxylation is 1. The summed E-state index contributed by atoms with van der Waals surface area (Å²) in [7, 11) is 1.64. The monoisotopic (exact) mass is 362 g/mol. The normalized spacial score (nSPS) is 11.0. The summed E-state index contributed by atoms with van der Waals surface area (Å²) >= 11 is 0. The molecule has 2 aromatic heterocycles. The quantitative estimate of drug-likeness (QED) is 0.559. The van der Waals surface area contributed by atoms with Gasteiger partial charge in [0.15, 0.2) is 5.65 Å². The molecule has 0 unspecified atom stereocenters. The van der Waals surface area contributed by atoms with E-state index in [1.165, 1.54) is 18.5 Å². The molecular formula is C21H19FN4O. The standard InChI is InChI=1S/C21H19FN4O/c1-13-14(2)26(16-10-8-15(22)9-11-16)21-19(13)20(23-12-24-21)25-17-6-4-5-7-18(17)27-3/h4-12H,1-3H3,(H,23,24,25). The lowest BCUT2D eigenvalue weighted by Crippen LogP contribution is -2.00. The van der Waals surface area contributed by atoms with Gasteiger partial charge in [0.1, 0.15) is 23.7 Å². The molecule has 27 heavy (non-hydrogen) atoms. The van der Waals surface area contributed by atoms with Crippen molar-refractivity contribution in [2.24, 2.45) is 0 Å². The van der Waals surface area contributed by atoms with Gasteiger partial charge in [0.25, 0.3) is 0 Å². The molecule has 0 atom stereocenters. The van der Waals surface area contributed by atoms with Crippen LogP contribution in [0.25, 0.3) is 16.7 Å². The van der Waals surface area contributed by atoms with E-state index in [2.05, 4.69) is 15.3 Å². The van der Waals surface area contributed by atoms with Crippen LogP contribution in [0, 0.1) is 19.7 Å². The Morgan fingerprint density at radius 2 is 1.74 bits per heavy atom. The van der Waals surface area contributed by atoms with Crippen LogP contribution in [-0.4, -0.2) is 21.6 Å². The summed E-state index contributed by atoms with van der Waals surface area (Å²) in [5.41, 5.74) is 4.54.